The molecule has 0 aliphatic heterocycles. The highest BCUT2D eigenvalue weighted by Gasteiger charge is 2.19. The third kappa shape index (κ3) is 8.64. The van der Waals surface area contributed by atoms with Gasteiger partial charge in [-0.1, -0.05) is 30.3 Å². The average Bonchev–Trinajstić information content (AvgIpc) is 3.06. The lowest BCUT2D eigenvalue weighted by Crippen LogP contribution is -2.30. The fourth-order valence-corrected chi connectivity index (χ4v) is 5.03. The number of carbonyl (C=O) groups excluding carboxylic acids is 3. The molecule has 0 radical (unpaired) electrons. The Morgan fingerprint density at radius 1 is 0.800 bits per heavy atom. The first-order chi connectivity index (χ1) is 21.7. The molecule has 0 saturated heterocycles. The minimum atomic E-state index is -0.578. The zero-order valence-electron chi connectivity index (χ0n) is 25.1. The van der Waals surface area contributed by atoms with Crippen molar-refractivity contribution in [1.29, 1.82) is 0 Å². The molecule has 0 spiro atoms. The van der Waals surface area contributed by atoms with Gasteiger partial charge in [0.15, 0.2) is 11.5 Å². The first kappa shape index (κ1) is 32.6. The van der Waals surface area contributed by atoms with E-state index in [9.17, 15) is 18.8 Å². The van der Waals surface area contributed by atoms with E-state index in [0.29, 0.717) is 34.1 Å². The summed E-state index contributed by atoms with van der Waals surface area (Å²) in [7, 11) is 4.45. The topological polar surface area (TPSA) is 115 Å². The summed E-state index contributed by atoms with van der Waals surface area (Å²) in [5.74, 6) is -0.775. The van der Waals surface area contributed by atoms with Crippen LogP contribution in [0.25, 0.3) is 6.08 Å². The standard InChI is InChI=1S/C34H32FN3O6S/c1-21(32(39)37-27-13-9-8-12-26(27)35)45-25-16-14-24(15-17-25)36-34(41)28(38-33(40)23-10-6-5-7-11-23)18-22-19-29(42-2)31(44-4)30(20-22)43-3/h5-21H,1-4H3,(H,36,41)(H,37,39)(H,38,40)/b28-18-. The highest BCUT2D eigenvalue weighted by atomic mass is 32.2. The smallest absolute Gasteiger partial charge is 0.272 e. The van der Waals surface area contributed by atoms with Gasteiger partial charge < -0.3 is 30.2 Å². The Bertz CT molecular complexity index is 1670. The number of benzene rings is 4. The lowest BCUT2D eigenvalue weighted by Gasteiger charge is -2.15. The Balaban J connectivity index is 1.52. The number of hydrogen-bond donors (Lipinski definition) is 3. The molecule has 3 N–H and O–H groups in total. The number of ether oxygens (including phenoxy) is 3. The fraction of sp³-hybridized carbons (Fsp3) is 0.147. The number of para-hydroxylation sites is 1. The highest BCUT2D eigenvalue weighted by Crippen LogP contribution is 2.38. The number of halogens is 1. The average molecular weight is 630 g/mol. The van der Waals surface area contributed by atoms with Gasteiger partial charge in [0, 0.05) is 16.1 Å². The second kappa shape index (κ2) is 15.4. The van der Waals surface area contributed by atoms with Gasteiger partial charge in [0.1, 0.15) is 11.5 Å². The molecule has 232 valence electrons. The minimum Gasteiger partial charge on any atom is -0.493 e. The van der Waals surface area contributed by atoms with E-state index in [0.717, 1.165) is 4.90 Å². The first-order valence-corrected chi connectivity index (χ1v) is 14.6. The molecule has 0 aliphatic carbocycles. The van der Waals surface area contributed by atoms with Crippen LogP contribution >= 0.6 is 11.8 Å². The van der Waals surface area contributed by atoms with Gasteiger partial charge in [0.2, 0.25) is 11.7 Å². The van der Waals surface area contributed by atoms with E-state index in [-0.39, 0.29) is 17.3 Å². The van der Waals surface area contributed by atoms with Gasteiger partial charge in [0.05, 0.1) is 32.3 Å². The van der Waals surface area contributed by atoms with Crippen LogP contribution in [0, 0.1) is 5.82 Å². The van der Waals surface area contributed by atoms with Gasteiger partial charge in [0.25, 0.3) is 11.8 Å². The zero-order chi connectivity index (χ0) is 32.3. The zero-order valence-corrected chi connectivity index (χ0v) is 25.9. The molecule has 0 bridgehead atoms. The molecular formula is C34H32FN3O6S. The molecule has 4 rings (SSSR count). The van der Waals surface area contributed by atoms with Crippen LogP contribution in [0.2, 0.25) is 0 Å². The molecule has 0 aliphatic rings. The highest BCUT2D eigenvalue weighted by molar-refractivity contribution is 8.00. The van der Waals surface area contributed by atoms with Crippen molar-refractivity contribution in [1.82, 2.24) is 5.32 Å². The van der Waals surface area contributed by atoms with Gasteiger partial charge >= 0.3 is 0 Å². The molecule has 0 aromatic heterocycles. The van der Waals surface area contributed by atoms with Crippen molar-refractivity contribution in [2.45, 2.75) is 17.1 Å². The third-order valence-electron chi connectivity index (χ3n) is 6.45. The minimum absolute atomic E-state index is 0.0324. The van der Waals surface area contributed by atoms with Gasteiger partial charge in [-0.15, -0.1) is 11.8 Å². The third-order valence-corrected chi connectivity index (χ3v) is 7.56. The van der Waals surface area contributed by atoms with Gasteiger partial charge in [-0.05, 0) is 79.2 Å². The Morgan fingerprint density at radius 2 is 1.42 bits per heavy atom. The maximum Gasteiger partial charge on any atom is 0.272 e. The molecule has 0 saturated carbocycles. The maximum absolute atomic E-state index is 13.9. The van der Waals surface area contributed by atoms with Crippen LogP contribution in [-0.4, -0.2) is 44.3 Å². The first-order valence-electron chi connectivity index (χ1n) is 13.7. The Morgan fingerprint density at radius 3 is 2.02 bits per heavy atom. The summed E-state index contributed by atoms with van der Waals surface area (Å²) in [4.78, 5) is 39.9. The maximum atomic E-state index is 13.9. The summed E-state index contributed by atoms with van der Waals surface area (Å²) in [5.41, 5.74) is 1.42. The number of rotatable bonds is 12. The molecule has 4 aromatic rings. The van der Waals surface area contributed by atoms with Crippen LogP contribution < -0.4 is 30.2 Å². The SMILES string of the molecule is COc1cc(/C=C(\NC(=O)c2ccccc2)C(=O)Nc2ccc(SC(C)C(=O)Nc3ccccc3F)cc2)cc(OC)c1OC. The molecule has 9 nitrogen and oxygen atoms in total. The van der Waals surface area contributed by atoms with Crippen LogP contribution in [0.5, 0.6) is 17.2 Å². The van der Waals surface area contributed by atoms with Crippen LogP contribution in [-0.2, 0) is 9.59 Å². The van der Waals surface area contributed by atoms with Crippen LogP contribution in [0.15, 0.2) is 102 Å². The lowest BCUT2D eigenvalue weighted by molar-refractivity contribution is -0.115. The van der Waals surface area contributed by atoms with Crippen LogP contribution in [0.3, 0.4) is 0 Å². The fourth-order valence-electron chi connectivity index (χ4n) is 4.16. The van der Waals surface area contributed by atoms with Crippen molar-refractivity contribution in [2.24, 2.45) is 0 Å². The summed E-state index contributed by atoms with van der Waals surface area (Å²) in [6.45, 7) is 1.71. The molecular weight excluding hydrogens is 597 g/mol. The predicted molar refractivity (Wildman–Crippen MR) is 173 cm³/mol. The molecule has 11 heteroatoms. The van der Waals surface area contributed by atoms with Crippen LogP contribution in [0.4, 0.5) is 15.8 Å². The second-order valence-corrected chi connectivity index (χ2v) is 11.0. The lowest BCUT2D eigenvalue weighted by atomic mass is 10.1. The number of carbonyl (C=O) groups is 3. The molecule has 45 heavy (non-hydrogen) atoms. The van der Waals surface area contributed by atoms with E-state index in [1.807, 2.05) is 0 Å². The largest absolute Gasteiger partial charge is 0.493 e. The number of thioether (sulfide) groups is 1. The van der Waals surface area contributed by atoms with Crippen molar-refractivity contribution in [3.63, 3.8) is 0 Å². The molecule has 1 unspecified atom stereocenters. The predicted octanol–water partition coefficient (Wildman–Crippen LogP) is 6.38. The quantitative estimate of drug-likeness (QED) is 0.123. The molecule has 4 aromatic carbocycles. The molecule has 0 fully saturated rings. The number of hydrogen-bond acceptors (Lipinski definition) is 7. The van der Waals surface area contributed by atoms with Crippen molar-refractivity contribution in [2.75, 3.05) is 32.0 Å². The van der Waals surface area contributed by atoms with Crippen molar-refractivity contribution >= 4 is 46.9 Å². The number of methoxy groups -OCH3 is 3. The molecule has 0 heterocycles. The van der Waals surface area contributed by atoms with E-state index in [4.69, 9.17) is 14.2 Å². The Labute approximate surface area is 264 Å². The van der Waals surface area contributed by atoms with Crippen LogP contribution in [0.1, 0.15) is 22.8 Å². The number of nitrogens with one attached hydrogen (secondary N) is 3. The van der Waals surface area contributed by atoms with Crippen molar-refractivity contribution in [3.8, 4) is 17.2 Å². The van der Waals surface area contributed by atoms with Gasteiger partial charge in [-0.25, -0.2) is 4.39 Å². The van der Waals surface area contributed by atoms with E-state index < -0.39 is 22.9 Å². The monoisotopic (exact) mass is 629 g/mol. The van der Waals surface area contributed by atoms with E-state index in [2.05, 4.69) is 16.0 Å². The summed E-state index contributed by atoms with van der Waals surface area (Å²) in [6, 6.07) is 24.6. The van der Waals surface area contributed by atoms with E-state index >= 15 is 0 Å². The number of amides is 3. The summed E-state index contributed by atoms with van der Waals surface area (Å²) >= 11 is 1.28. The Kier molecular flexibility index (Phi) is 11.2. The summed E-state index contributed by atoms with van der Waals surface area (Å²) in [5, 5.41) is 7.57. The van der Waals surface area contributed by atoms with Crippen molar-refractivity contribution in [3.05, 3.63) is 114 Å². The van der Waals surface area contributed by atoms with E-state index in [1.54, 1.807) is 85.8 Å². The Hall–Kier alpha value is -5.29. The summed E-state index contributed by atoms with van der Waals surface area (Å²) in [6.07, 6.45) is 1.50. The van der Waals surface area contributed by atoms with Gasteiger partial charge in [-0.2, -0.15) is 0 Å². The normalized spacial score (nSPS) is 11.6. The second-order valence-electron chi connectivity index (χ2n) is 9.54. The molecule has 1 atom stereocenters. The number of anilines is 2. The summed E-state index contributed by atoms with van der Waals surface area (Å²) < 4.78 is 30.2. The molecule has 3 amide bonds. The van der Waals surface area contributed by atoms with Crippen molar-refractivity contribution < 1.29 is 33.0 Å². The van der Waals surface area contributed by atoms with E-state index in [1.165, 1.54) is 51.3 Å². The van der Waals surface area contributed by atoms with Gasteiger partial charge in [-0.3, -0.25) is 14.4 Å².